The van der Waals surface area contributed by atoms with Crippen LogP contribution in [-0.4, -0.2) is 28.7 Å². The van der Waals surface area contributed by atoms with E-state index in [1.54, 1.807) is 17.1 Å². The summed E-state index contributed by atoms with van der Waals surface area (Å²) in [6.45, 7) is 0.551. The van der Waals surface area contributed by atoms with Gasteiger partial charge in [-0.05, 0) is 12.1 Å². The number of nitrogens with zero attached hydrogens (tertiary/aromatic N) is 2. The average Bonchev–Trinajstić information content (AvgIpc) is 3.07. The first-order valence-electron chi connectivity index (χ1n) is 6.01. The molecule has 0 unspecified atom stereocenters. The van der Waals surface area contributed by atoms with Crippen LogP contribution >= 0.6 is 0 Å². The van der Waals surface area contributed by atoms with Gasteiger partial charge in [-0.15, -0.1) is 0 Å². The minimum atomic E-state index is -1.15. The van der Waals surface area contributed by atoms with E-state index >= 15 is 0 Å². The predicted molar refractivity (Wildman–Crippen MR) is 69.0 cm³/mol. The Morgan fingerprint density at radius 2 is 2.20 bits per heavy atom. The van der Waals surface area contributed by atoms with Crippen molar-refractivity contribution in [3.05, 3.63) is 36.0 Å². The third kappa shape index (κ3) is 2.09. The molecule has 20 heavy (non-hydrogen) atoms. The molecule has 0 bridgehead atoms. The van der Waals surface area contributed by atoms with Crippen LogP contribution in [0.25, 0.3) is 11.3 Å². The van der Waals surface area contributed by atoms with Crippen molar-refractivity contribution in [2.75, 3.05) is 11.6 Å². The van der Waals surface area contributed by atoms with Crippen LogP contribution in [0.2, 0.25) is 0 Å². The minimum Gasteiger partial charge on any atom is -0.476 e. The number of hydrazine groups is 1. The number of anilines is 1. The molecule has 2 heterocycles. The summed E-state index contributed by atoms with van der Waals surface area (Å²) in [7, 11) is 0. The number of rotatable bonds is 3. The van der Waals surface area contributed by atoms with E-state index in [4.69, 9.17) is 9.63 Å². The second kappa shape index (κ2) is 4.69. The van der Waals surface area contributed by atoms with Crippen molar-refractivity contribution >= 4 is 17.6 Å². The molecule has 0 saturated carbocycles. The molecule has 1 saturated heterocycles. The van der Waals surface area contributed by atoms with Gasteiger partial charge in [-0.1, -0.05) is 17.3 Å². The van der Waals surface area contributed by atoms with E-state index in [2.05, 4.69) is 10.6 Å². The normalized spacial score (nSPS) is 14.4. The standard InChI is InChI=1S/C13H11N3O4/c17-12-5-6-16(14-12)10-4-2-1-3-8(10)11-7-9(13(18)19)15-20-11/h1-4,7H,5-6H2,(H,14,17)(H,18,19). The number of para-hydroxylation sites is 1. The Balaban J connectivity index is 2.00. The molecule has 0 spiro atoms. The number of carbonyl (C=O) groups is 2. The van der Waals surface area contributed by atoms with Gasteiger partial charge in [0.15, 0.2) is 11.5 Å². The van der Waals surface area contributed by atoms with Crippen LogP contribution in [0.15, 0.2) is 34.9 Å². The van der Waals surface area contributed by atoms with Gasteiger partial charge in [0, 0.05) is 24.6 Å². The Labute approximate surface area is 113 Å². The third-order valence-corrected chi connectivity index (χ3v) is 3.01. The number of aromatic carboxylic acids is 1. The molecule has 1 aromatic carbocycles. The van der Waals surface area contributed by atoms with E-state index in [0.717, 1.165) is 5.69 Å². The van der Waals surface area contributed by atoms with Crippen LogP contribution in [0.1, 0.15) is 16.9 Å². The molecule has 0 aliphatic carbocycles. The Kier molecular flexibility index (Phi) is 2.86. The van der Waals surface area contributed by atoms with Crippen LogP contribution in [0.4, 0.5) is 5.69 Å². The van der Waals surface area contributed by atoms with Crippen molar-refractivity contribution in [1.82, 2.24) is 10.6 Å². The van der Waals surface area contributed by atoms with Gasteiger partial charge in [-0.2, -0.15) is 0 Å². The quantitative estimate of drug-likeness (QED) is 0.874. The van der Waals surface area contributed by atoms with E-state index in [1.807, 2.05) is 12.1 Å². The number of carboxylic acid groups (broad SMARTS) is 1. The number of amides is 1. The maximum Gasteiger partial charge on any atom is 0.358 e. The van der Waals surface area contributed by atoms with E-state index in [0.29, 0.717) is 24.3 Å². The molecule has 1 amide bonds. The van der Waals surface area contributed by atoms with E-state index in [9.17, 15) is 9.59 Å². The lowest BCUT2D eigenvalue weighted by Crippen LogP contribution is -2.33. The molecule has 1 aliphatic heterocycles. The van der Waals surface area contributed by atoms with Crippen molar-refractivity contribution in [3.8, 4) is 11.3 Å². The van der Waals surface area contributed by atoms with Crippen LogP contribution in [0, 0.1) is 0 Å². The molecule has 1 fully saturated rings. The first-order valence-corrected chi connectivity index (χ1v) is 6.01. The highest BCUT2D eigenvalue weighted by Gasteiger charge is 2.23. The maximum absolute atomic E-state index is 11.3. The molecule has 3 rings (SSSR count). The largest absolute Gasteiger partial charge is 0.476 e. The Morgan fingerprint density at radius 3 is 2.85 bits per heavy atom. The second-order valence-corrected chi connectivity index (χ2v) is 4.34. The van der Waals surface area contributed by atoms with Crippen LogP contribution in [0.5, 0.6) is 0 Å². The monoisotopic (exact) mass is 273 g/mol. The van der Waals surface area contributed by atoms with E-state index in [-0.39, 0.29) is 11.6 Å². The first-order chi connectivity index (χ1) is 9.65. The summed E-state index contributed by atoms with van der Waals surface area (Å²) < 4.78 is 5.07. The highest BCUT2D eigenvalue weighted by atomic mass is 16.5. The molecule has 0 radical (unpaired) electrons. The van der Waals surface area contributed by atoms with Crippen LogP contribution in [0.3, 0.4) is 0 Å². The smallest absolute Gasteiger partial charge is 0.358 e. The fourth-order valence-corrected chi connectivity index (χ4v) is 2.08. The summed E-state index contributed by atoms with van der Waals surface area (Å²) >= 11 is 0. The summed E-state index contributed by atoms with van der Waals surface area (Å²) in [5.41, 5.74) is 3.99. The number of nitrogens with one attached hydrogen (secondary N) is 1. The lowest BCUT2D eigenvalue weighted by atomic mass is 10.1. The topological polar surface area (TPSA) is 95.7 Å². The highest BCUT2D eigenvalue weighted by molar-refractivity contribution is 5.88. The Morgan fingerprint density at radius 1 is 1.40 bits per heavy atom. The number of aromatic nitrogens is 1. The summed E-state index contributed by atoms with van der Waals surface area (Å²) in [5, 5.41) is 14.1. The lowest BCUT2D eigenvalue weighted by Gasteiger charge is -2.19. The number of carbonyl (C=O) groups excluding carboxylic acids is 1. The molecular weight excluding hydrogens is 262 g/mol. The highest BCUT2D eigenvalue weighted by Crippen LogP contribution is 2.31. The van der Waals surface area contributed by atoms with Gasteiger partial charge in [-0.25, -0.2) is 4.79 Å². The Hall–Kier alpha value is -2.83. The molecule has 2 aromatic rings. The molecule has 2 N–H and O–H groups in total. The fourth-order valence-electron chi connectivity index (χ4n) is 2.08. The lowest BCUT2D eigenvalue weighted by molar-refractivity contribution is -0.119. The minimum absolute atomic E-state index is 0.0522. The number of hydrogen-bond donors (Lipinski definition) is 2. The number of carboxylic acids is 1. The van der Waals surface area contributed by atoms with E-state index in [1.165, 1.54) is 6.07 Å². The van der Waals surface area contributed by atoms with Crippen molar-refractivity contribution in [3.63, 3.8) is 0 Å². The van der Waals surface area contributed by atoms with Gasteiger partial charge in [0.25, 0.3) is 0 Å². The maximum atomic E-state index is 11.3. The van der Waals surface area contributed by atoms with Crippen molar-refractivity contribution in [2.24, 2.45) is 0 Å². The summed E-state index contributed by atoms with van der Waals surface area (Å²) in [6, 6.07) is 8.60. The second-order valence-electron chi connectivity index (χ2n) is 4.34. The van der Waals surface area contributed by atoms with Gasteiger partial charge >= 0.3 is 5.97 Å². The van der Waals surface area contributed by atoms with Crippen molar-refractivity contribution in [1.29, 1.82) is 0 Å². The van der Waals surface area contributed by atoms with Crippen LogP contribution in [-0.2, 0) is 4.79 Å². The SMILES string of the molecule is O=C1CCN(c2ccccc2-c2cc(C(=O)O)no2)N1. The Bertz CT molecular complexity index is 680. The zero-order valence-corrected chi connectivity index (χ0v) is 10.4. The number of hydrogen-bond acceptors (Lipinski definition) is 5. The number of benzene rings is 1. The molecule has 7 nitrogen and oxygen atoms in total. The average molecular weight is 273 g/mol. The van der Waals surface area contributed by atoms with Gasteiger partial charge in [0.05, 0.1) is 5.69 Å². The van der Waals surface area contributed by atoms with Gasteiger partial charge < -0.3 is 9.63 Å². The molecular formula is C13H11N3O4. The van der Waals surface area contributed by atoms with Gasteiger partial charge in [0.2, 0.25) is 5.91 Å². The van der Waals surface area contributed by atoms with Gasteiger partial charge in [0.1, 0.15) is 0 Å². The summed E-state index contributed by atoms with van der Waals surface area (Å²) in [5.74, 6) is -0.852. The molecule has 0 atom stereocenters. The predicted octanol–water partition coefficient (Wildman–Crippen LogP) is 1.28. The zero-order chi connectivity index (χ0) is 14.1. The van der Waals surface area contributed by atoms with E-state index < -0.39 is 5.97 Å². The molecule has 1 aliphatic rings. The molecule has 7 heteroatoms. The molecule has 1 aromatic heterocycles. The zero-order valence-electron chi connectivity index (χ0n) is 10.4. The summed E-state index contributed by atoms with van der Waals surface area (Å²) in [6.07, 6.45) is 0.422. The molecule has 102 valence electrons. The fraction of sp³-hybridized carbons (Fsp3) is 0.154. The summed E-state index contributed by atoms with van der Waals surface area (Å²) in [4.78, 5) is 22.1. The first kappa shape index (κ1) is 12.2. The third-order valence-electron chi connectivity index (χ3n) is 3.01. The van der Waals surface area contributed by atoms with Crippen molar-refractivity contribution in [2.45, 2.75) is 6.42 Å². The van der Waals surface area contributed by atoms with Crippen molar-refractivity contribution < 1.29 is 19.2 Å². The van der Waals surface area contributed by atoms with Gasteiger partial charge in [-0.3, -0.25) is 15.2 Å². The van der Waals surface area contributed by atoms with Crippen LogP contribution < -0.4 is 10.4 Å².